The van der Waals surface area contributed by atoms with Crippen LogP contribution >= 0.6 is 0 Å². The Bertz CT molecular complexity index is 944. The minimum absolute atomic E-state index is 0.300. The number of H-pyrrole nitrogens is 1. The molecule has 0 aliphatic heterocycles. The van der Waals surface area contributed by atoms with Crippen molar-refractivity contribution in [1.29, 1.82) is 0 Å². The molecule has 7 heteroatoms. The van der Waals surface area contributed by atoms with Crippen LogP contribution in [0.15, 0.2) is 42.5 Å². The molecule has 1 heterocycles. The zero-order chi connectivity index (χ0) is 19.4. The molecular formula is C20H24N4O3. The Balaban J connectivity index is 1.74. The third kappa shape index (κ3) is 4.91. The van der Waals surface area contributed by atoms with Crippen LogP contribution < -0.4 is 15.8 Å². The van der Waals surface area contributed by atoms with Gasteiger partial charge in [0, 0.05) is 11.6 Å². The molecule has 1 aromatic heterocycles. The molecule has 4 N–H and O–H groups in total. The van der Waals surface area contributed by atoms with E-state index in [0.717, 1.165) is 22.0 Å². The largest absolute Gasteiger partial charge is 0.491 e. The Morgan fingerprint density at radius 2 is 1.89 bits per heavy atom. The number of hydrogen-bond acceptors (Lipinski definition) is 5. The van der Waals surface area contributed by atoms with E-state index >= 15 is 0 Å². The summed E-state index contributed by atoms with van der Waals surface area (Å²) < 4.78 is 11.1. The van der Waals surface area contributed by atoms with E-state index in [2.05, 4.69) is 15.5 Å². The van der Waals surface area contributed by atoms with Crippen LogP contribution in [0.4, 0.5) is 10.6 Å². The van der Waals surface area contributed by atoms with Gasteiger partial charge in [-0.15, -0.1) is 0 Å². The third-order valence-corrected chi connectivity index (χ3v) is 3.76. The van der Waals surface area contributed by atoms with Crippen molar-refractivity contribution in [3.8, 4) is 17.0 Å². The van der Waals surface area contributed by atoms with Gasteiger partial charge in [-0.3, -0.25) is 5.10 Å². The predicted molar refractivity (Wildman–Crippen MR) is 106 cm³/mol. The third-order valence-electron chi connectivity index (χ3n) is 3.76. The number of nitrogens with zero attached hydrogens (tertiary/aromatic N) is 1. The quantitative estimate of drug-likeness (QED) is 0.596. The molecule has 0 atom stereocenters. The summed E-state index contributed by atoms with van der Waals surface area (Å²) in [5.74, 6) is 1.10. The highest BCUT2D eigenvalue weighted by Gasteiger charge is 2.16. The first kappa shape index (κ1) is 18.6. The van der Waals surface area contributed by atoms with Gasteiger partial charge < -0.3 is 20.5 Å². The van der Waals surface area contributed by atoms with E-state index in [1.165, 1.54) is 0 Å². The Morgan fingerprint density at radius 1 is 1.19 bits per heavy atom. The van der Waals surface area contributed by atoms with Crippen molar-refractivity contribution in [1.82, 2.24) is 15.5 Å². The van der Waals surface area contributed by atoms with Gasteiger partial charge in [0.25, 0.3) is 0 Å². The van der Waals surface area contributed by atoms with Gasteiger partial charge in [-0.05, 0) is 43.7 Å². The number of benzene rings is 2. The molecular weight excluding hydrogens is 344 g/mol. The number of nitrogens with two attached hydrogens (primary N) is 1. The molecule has 2 aromatic carbocycles. The fourth-order valence-corrected chi connectivity index (χ4v) is 2.65. The van der Waals surface area contributed by atoms with Gasteiger partial charge in [0.1, 0.15) is 23.8 Å². The second-order valence-electron chi connectivity index (χ2n) is 7.18. The second-order valence-corrected chi connectivity index (χ2v) is 7.18. The molecule has 3 aromatic rings. The average molecular weight is 368 g/mol. The fourth-order valence-electron chi connectivity index (χ4n) is 2.65. The van der Waals surface area contributed by atoms with Crippen molar-refractivity contribution >= 4 is 22.7 Å². The van der Waals surface area contributed by atoms with Crippen molar-refractivity contribution in [3.05, 3.63) is 42.5 Å². The van der Waals surface area contributed by atoms with E-state index in [1.807, 2.05) is 57.2 Å². The molecule has 3 rings (SSSR count). The molecule has 7 nitrogen and oxygen atoms in total. The number of nitrogens with one attached hydrogen (secondary N) is 2. The number of hydrogen-bond donors (Lipinski definition) is 3. The van der Waals surface area contributed by atoms with Crippen LogP contribution in [-0.2, 0) is 4.74 Å². The summed E-state index contributed by atoms with van der Waals surface area (Å²) in [7, 11) is 0. The van der Waals surface area contributed by atoms with Crippen molar-refractivity contribution in [3.63, 3.8) is 0 Å². The minimum atomic E-state index is -0.531. The van der Waals surface area contributed by atoms with E-state index in [9.17, 15) is 4.79 Å². The molecule has 0 radical (unpaired) electrons. The Morgan fingerprint density at radius 3 is 2.52 bits per heavy atom. The Kier molecular flexibility index (Phi) is 5.21. The first-order chi connectivity index (χ1) is 12.8. The standard InChI is InChI=1S/C20H24N4O3/c1-20(2,3)27-19(25)22-8-9-26-17-11-14-7-5-4-6-13(14)10-15(17)16-12-18(21)24-23-16/h4-7,10-12H,8-9H2,1-3H3,(H,22,25)(H3,21,23,24). The van der Waals surface area contributed by atoms with Gasteiger partial charge in [-0.2, -0.15) is 5.10 Å². The lowest BCUT2D eigenvalue weighted by Gasteiger charge is -2.19. The van der Waals surface area contributed by atoms with Gasteiger partial charge in [-0.1, -0.05) is 24.3 Å². The topological polar surface area (TPSA) is 102 Å². The van der Waals surface area contributed by atoms with Gasteiger partial charge in [-0.25, -0.2) is 4.79 Å². The number of carbonyl (C=O) groups is 1. The van der Waals surface area contributed by atoms with E-state index in [1.54, 1.807) is 6.07 Å². The van der Waals surface area contributed by atoms with Crippen molar-refractivity contribution in [2.75, 3.05) is 18.9 Å². The summed E-state index contributed by atoms with van der Waals surface area (Å²) in [6.45, 7) is 6.09. The summed E-state index contributed by atoms with van der Waals surface area (Å²) in [5.41, 5.74) is 6.84. The maximum atomic E-state index is 11.7. The number of alkyl carbamates (subject to hydrolysis) is 1. The van der Waals surface area contributed by atoms with Gasteiger partial charge in [0.05, 0.1) is 12.2 Å². The fraction of sp³-hybridized carbons (Fsp3) is 0.300. The molecule has 0 aliphatic carbocycles. The van der Waals surface area contributed by atoms with Crippen LogP contribution in [0.1, 0.15) is 20.8 Å². The molecule has 0 aliphatic rings. The van der Waals surface area contributed by atoms with Crippen LogP contribution in [0.25, 0.3) is 22.0 Å². The first-order valence-electron chi connectivity index (χ1n) is 8.75. The molecule has 0 spiro atoms. The number of fused-ring (bicyclic) bond motifs is 1. The van der Waals surface area contributed by atoms with E-state index in [0.29, 0.717) is 24.7 Å². The number of rotatable bonds is 5. The highest BCUT2D eigenvalue weighted by molar-refractivity contribution is 5.90. The smallest absolute Gasteiger partial charge is 0.407 e. The number of nitrogen functional groups attached to an aromatic ring is 1. The summed E-state index contributed by atoms with van der Waals surface area (Å²) >= 11 is 0. The zero-order valence-corrected chi connectivity index (χ0v) is 15.7. The van der Waals surface area contributed by atoms with Crippen LogP contribution in [0, 0.1) is 0 Å². The number of carbonyl (C=O) groups excluding carboxylic acids is 1. The predicted octanol–water partition coefficient (Wildman–Crippen LogP) is 3.72. The number of amides is 1. The van der Waals surface area contributed by atoms with Crippen LogP contribution in [0.3, 0.4) is 0 Å². The Hall–Kier alpha value is -3.22. The van der Waals surface area contributed by atoms with Gasteiger partial charge in [0.2, 0.25) is 0 Å². The van der Waals surface area contributed by atoms with Crippen LogP contribution in [-0.4, -0.2) is 35.0 Å². The molecule has 142 valence electrons. The zero-order valence-electron chi connectivity index (χ0n) is 15.7. The number of ether oxygens (including phenoxy) is 2. The van der Waals surface area contributed by atoms with Gasteiger partial charge in [0.15, 0.2) is 0 Å². The molecule has 0 saturated carbocycles. The molecule has 0 unspecified atom stereocenters. The maximum absolute atomic E-state index is 11.7. The lowest BCUT2D eigenvalue weighted by atomic mass is 10.0. The van der Waals surface area contributed by atoms with E-state index < -0.39 is 11.7 Å². The lowest BCUT2D eigenvalue weighted by molar-refractivity contribution is 0.0520. The number of anilines is 1. The highest BCUT2D eigenvalue weighted by atomic mass is 16.6. The normalized spacial score (nSPS) is 11.4. The van der Waals surface area contributed by atoms with Crippen molar-refractivity contribution in [2.45, 2.75) is 26.4 Å². The van der Waals surface area contributed by atoms with Crippen LogP contribution in [0.5, 0.6) is 5.75 Å². The first-order valence-corrected chi connectivity index (χ1v) is 8.75. The van der Waals surface area contributed by atoms with E-state index in [-0.39, 0.29) is 0 Å². The maximum Gasteiger partial charge on any atom is 0.407 e. The van der Waals surface area contributed by atoms with Crippen molar-refractivity contribution < 1.29 is 14.3 Å². The lowest BCUT2D eigenvalue weighted by Crippen LogP contribution is -2.34. The number of aromatic amines is 1. The molecule has 1 amide bonds. The summed E-state index contributed by atoms with van der Waals surface area (Å²) in [6, 6.07) is 13.8. The minimum Gasteiger partial charge on any atom is -0.491 e. The molecule has 0 fully saturated rings. The Labute approximate surface area is 157 Å². The molecule has 0 saturated heterocycles. The summed E-state index contributed by atoms with van der Waals surface area (Å²) in [6.07, 6.45) is -0.467. The SMILES string of the molecule is CC(C)(C)OC(=O)NCCOc1cc2ccccc2cc1-c1cc(N)n[nH]1. The second kappa shape index (κ2) is 7.57. The monoisotopic (exact) mass is 368 g/mol. The van der Waals surface area contributed by atoms with Crippen LogP contribution in [0.2, 0.25) is 0 Å². The number of aromatic nitrogens is 2. The molecule has 0 bridgehead atoms. The summed E-state index contributed by atoms with van der Waals surface area (Å²) in [5, 5.41) is 11.7. The molecule has 27 heavy (non-hydrogen) atoms. The van der Waals surface area contributed by atoms with E-state index in [4.69, 9.17) is 15.2 Å². The van der Waals surface area contributed by atoms with Crippen molar-refractivity contribution in [2.24, 2.45) is 0 Å². The van der Waals surface area contributed by atoms with Gasteiger partial charge >= 0.3 is 6.09 Å². The highest BCUT2D eigenvalue weighted by Crippen LogP contribution is 2.33. The summed E-state index contributed by atoms with van der Waals surface area (Å²) in [4.78, 5) is 11.7. The average Bonchev–Trinajstić information content (AvgIpc) is 3.02.